The van der Waals surface area contributed by atoms with Crippen molar-refractivity contribution < 1.29 is 0 Å². The van der Waals surface area contributed by atoms with Gasteiger partial charge in [0.15, 0.2) is 0 Å². The van der Waals surface area contributed by atoms with Gasteiger partial charge in [0, 0.05) is 0 Å². The number of rotatable bonds is 2. The third kappa shape index (κ3) is 7.62. The molecule has 0 aromatic rings. The number of hydrogen-bond donors (Lipinski definition) is 2. The summed E-state index contributed by atoms with van der Waals surface area (Å²) < 4.78 is 1.72. The third-order valence-electron chi connectivity index (χ3n) is 0.628. The van der Waals surface area contributed by atoms with E-state index in [0.29, 0.717) is 0 Å². The molecule has 0 rings (SSSR count). The van der Waals surface area contributed by atoms with Gasteiger partial charge in [0.2, 0.25) is 0 Å². The first-order chi connectivity index (χ1) is 5.20. The van der Waals surface area contributed by atoms with Gasteiger partial charge >= 0.3 is 94.0 Å². The van der Waals surface area contributed by atoms with Gasteiger partial charge in [-0.3, -0.25) is 0 Å². The molecule has 64 valence electrons. The van der Waals surface area contributed by atoms with Gasteiger partial charge in [0.1, 0.15) is 0 Å². The second-order valence-electron chi connectivity index (χ2n) is 1.31. The van der Waals surface area contributed by atoms with E-state index in [-0.39, 0.29) is 18.2 Å². The maximum atomic E-state index is 4.95. The van der Waals surface area contributed by atoms with Crippen molar-refractivity contribution in [3.63, 3.8) is 0 Å². The van der Waals surface area contributed by atoms with E-state index >= 15 is 0 Å². The van der Waals surface area contributed by atoms with Crippen molar-refractivity contribution >= 4 is 69.2 Å². The van der Waals surface area contributed by atoms with Crippen LogP contribution in [0.4, 0.5) is 0 Å². The quantitative estimate of drug-likeness (QED) is 0.575. The summed E-state index contributed by atoms with van der Waals surface area (Å²) in [4.78, 5) is 0. The molecule has 0 spiro atoms. The number of nitrogens with one attached hydrogen (secondary N) is 2. The topological polar surface area (TPSA) is 24.1 Å². The summed E-state index contributed by atoms with van der Waals surface area (Å²) in [6, 6.07) is 0. The van der Waals surface area contributed by atoms with Gasteiger partial charge < -0.3 is 0 Å². The SMILES string of the molecule is CNC(=S)S[Te]SC(=S)NC. The van der Waals surface area contributed by atoms with Crippen LogP contribution in [-0.2, 0) is 0 Å². The van der Waals surface area contributed by atoms with Gasteiger partial charge in [0.05, 0.1) is 0 Å². The van der Waals surface area contributed by atoms with E-state index in [1.165, 1.54) is 0 Å². The van der Waals surface area contributed by atoms with Crippen molar-refractivity contribution in [3.8, 4) is 0 Å². The van der Waals surface area contributed by atoms with Gasteiger partial charge in [-0.1, -0.05) is 0 Å². The summed E-state index contributed by atoms with van der Waals surface area (Å²) in [5.41, 5.74) is 0. The van der Waals surface area contributed by atoms with Crippen LogP contribution >= 0.6 is 42.4 Å². The van der Waals surface area contributed by atoms with E-state index in [0.717, 1.165) is 8.64 Å². The van der Waals surface area contributed by atoms with Crippen molar-refractivity contribution in [1.82, 2.24) is 10.6 Å². The van der Waals surface area contributed by atoms with Gasteiger partial charge in [-0.15, -0.1) is 0 Å². The summed E-state index contributed by atoms with van der Waals surface area (Å²) in [5, 5.41) is 5.81. The van der Waals surface area contributed by atoms with Crippen LogP contribution in [0.2, 0.25) is 0 Å². The van der Waals surface area contributed by atoms with E-state index in [2.05, 4.69) is 10.6 Å². The molecule has 0 aromatic heterocycles. The summed E-state index contributed by atoms with van der Waals surface area (Å²) in [6.45, 7) is 0. The van der Waals surface area contributed by atoms with Crippen LogP contribution in [0.5, 0.6) is 0 Å². The first-order valence-corrected chi connectivity index (χ1v) is 10.7. The Morgan fingerprint density at radius 2 is 1.45 bits per heavy atom. The zero-order chi connectivity index (χ0) is 8.69. The van der Waals surface area contributed by atoms with Crippen molar-refractivity contribution in [1.29, 1.82) is 0 Å². The molecule has 0 heterocycles. The first-order valence-electron chi connectivity index (χ1n) is 2.65. The van der Waals surface area contributed by atoms with E-state index in [1.807, 2.05) is 14.1 Å². The van der Waals surface area contributed by atoms with Crippen molar-refractivity contribution in [3.05, 3.63) is 0 Å². The van der Waals surface area contributed by atoms with Crippen LogP contribution < -0.4 is 10.6 Å². The maximum absolute atomic E-state index is 4.95. The average molecular weight is 340 g/mol. The van der Waals surface area contributed by atoms with Crippen LogP contribution in [0.3, 0.4) is 0 Å². The Hall–Kier alpha value is 1.27. The van der Waals surface area contributed by atoms with Crippen LogP contribution in [0.25, 0.3) is 0 Å². The second kappa shape index (κ2) is 7.90. The second-order valence-corrected chi connectivity index (χ2v) is 10.7. The van der Waals surface area contributed by atoms with Gasteiger partial charge in [-0.2, -0.15) is 0 Å². The minimum atomic E-state index is -0.207. The van der Waals surface area contributed by atoms with E-state index in [4.69, 9.17) is 24.4 Å². The van der Waals surface area contributed by atoms with Crippen LogP contribution in [0.15, 0.2) is 0 Å². The Morgan fingerprint density at radius 3 is 1.73 bits per heavy atom. The fraction of sp³-hybridized carbons (Fsp3) is 0.500. The predicted octanol–water partition coefficient (Wildman–Crippen LogP) is 0.996. The Labute approximate surface area is 93.0 Å². The number of hydrogen-bond acceptors (Lipinski definition) is 4. The Morgan fingerprint density at radius 1 is 1.09 bits per heavy atom. The van der Waals surface area contributed by atoms with Crippen LogP contribution in [-0.4, -0.2) is 40.9 Å². The van der Waals surface area contributed by atoms with E-state index in [1.54, 1.807) is 18.0 Å². The summed E-state index contributed by atoms with van der Waals surface area (Å²) >= 11 is 9.69. The van der Waals surface area contributed by atoms with Gasteiger partial charge in [-0.05, 0) is 0 Å². The Balaban J connectivity index is 3.27. The molecule has 0 radical (unpaired) electrons. The molecule has 0 saturated heterocycles. The fourth-order valence-corrected chi connectivity index (χ4v) is 9.79. The zero-order valence-corrected chi connectivity index (χ0v) is 11.6. The zero-order valence-electron chi connectivity index (χ0n) is 6.04. The predicted molar refractivity (Wildman–Crippen MR) is 64.3 cm³/mol. The molecule has 0 atom stereocenters. The van der Waals surface area contributed by atoms with Crippen molar-refractivity contribution in [2.24, 2.45) is 0 Å². The molecule has 0 aliphatic heterocycles. The molecule has 0 aliphatic carbocycles. The molecule has 2 nitrogen and oxygen atoms in total. The molecule has 7 heteroatoms. The summed E-state index contributed by atoms with van der Waals surface area (Å²) in [5.74, 6) is 0. The molecule has 0 aromatic carbocycles. The molecule has 0 saturated carbocycles. The fourth-order valence-electron chi connectivity index (χ4n) is 0.162. The molecule has 0 aliphatic rings. The minimum absolute atomic E-state index is 0.207. The molecule has 0 amide bonds. The number of thiocarbonyl (C=S) groups is 2. The monoisotopic (exact) mass is 342 g/mol. The summed E-state index contributed by atoms with van der Waals surface area (Å²) in [6.07, 6.45) is 0. The van der Waals surface area contributed by atoms with E-state index in [9.17, 15) is 0 Å². The molecule has 2 N–H and O–H groups in total. The van der Waals surface area contributed by atoms with E-state index < -0.39 is 0 Å². The molecule has 0 unspecified atom stereocenters. The molecule has 0 fully saturated rings. The van der Waals surface area contributed by atoms with Gasteiger partial charge in [-0.25, -0.2) is 0 Å². The standard InChI is InChI=1S/C4H8N2S4Te/c1-5-3(7)9-11-10-4(8)6-2/h1-2H3,(H,5,7)(H,6,8). The molecule has 11 heavy (non-hydrogen) atoms. The molecule has 0 bridgehead atoms. The molecular weight excluding hydrogens is 332 g/mol. The van der Waals surface area contributed by atoms with Gasteiger partial charge in [0.25, 0.3) is 0 Å². The van der Waals surface area contributed by atoms with Crippen molar-refractivity contribution in [2.75, 3.05) is 14.1 Å². The van der Waals surface area contributed by atoms with Crippen LogP contribution in [0.1, 0.15) is 0 Å². The molecular formula is C4H8N2S4Te. The Kier molecular flexibility index (Phi) is 8.81. The van der Waals surface area contributed by atoms with Crippen molar-refractivity contribution in [2.45, 2.75) is 0 Å². The normalized spacial score (nSPS) is 8.91. The third-order valence-corrected chi connectivity index (χ3v) is 11.1. The average Bonchev–Trinajstić information content (AvgIpc) is 2.04. The first kappa shape index (κ1) is 12.3. The summed E-state index contributed by atoms with van der Waals surface area (Å²) in [7, 11) is 7.09. The Bertz CT molecular complexity index is 135. The van der Waals surface area contributed by atoms with Crippen LogP contribution in [0, 0.1) is 0 Å².